The van der Waals surface area contributed by atoms with Crippen LogP contribution in [0, 0.1) is 5.82 Å². The van der Waals surface area contributed by atoms with Crippen LogP contribution in [-0.4, -0.2) is 29.6 Å². The van der Waals surface area contributed by atoms with Gasteiger partial charge in [0.2, 0.25) is 0 Å². The minimum absolute atomic E-state index is 0.0548. The molecule has 0 radical (unpaired) electrons. The largest absolute Gasteiger partial charge is 0.508 e. The molecule has 0 unspecified atom stereocenters. The lowest BCUT2D eigenvalue weighted by molar-refractivity contribution is -0.129. The van der Waals surface area contributed by atoms with Crippen LogP contribution >= 0.6 is 0 Å². The zero-order chi connectivity index (χ0) is 17.5. The van der Waals surface area contributed by atoms with Crippen LogP contribution in [0.15, 0.2) is 48.5 Å². The fourth-order valence-corrected chi connectivity index (χ4v) is 2.04. The van der Waals surface area contributed by atoms with Gasteiger partial charge in [0, 0.05) is 6.54 Å². The Bertz CT molecular complexity index is 715. The Labute approximate surface area is 139 Å². The number of hydrogen-bond acceptors (Lipinski definition) is 4. The van der Waals surface area contributed by atoms with Gasteiger partial charge in [-0.05, 0) is 49.2 Å². The van der Waals surface area contributed by atoms with Gasteiger partial charge in [-0.25, -0.2) is 9.18 Å². The first-order valence-corrected chi connectivity index (χ1v) is 7.48. The molecule has 0 aliphatic rings. The summed E-state index contributed by atoms with van der Waals surface area (Å²) in [6, 6.07) is 11.7. The van der Waals surface area contributed by atoms with Crippen molar-refractivity contribution in [3.05, 3.63) is 65.5 Å². The van der Waals surface area contributed by atoms with Gasteiger partial charge in [-0.2, -0.15) is 0 Å². The monoisotopic (exact) mass is 331 g/mol. The van der Waals surface area contributed by atoms with Gasteiger partial charge in [0.15, 0.2) is 6.10 Å². The van der Waals surface area contributed by atoms with Gasteiger partial charge in [0.25, 0.3) is 5.91 Å². The molecule has 2 N–H and O–H groups in total. The van der Waals surface area contributed by atoms with Gasteiger partial charge in [-0.3, -0.25) is 4.79 Å². The summed E-state index contributed by atoms with van der Waals surface area (Å²) in [6.45, 7) is 1.81. The predicted molar refractivity (Wildman–Crippen MR) is 86.1 cm³/mol. The van der Waals surface area contributed by atoms with Gasteiger partial charge in [0.1, 0.15) is 11.6 Å². The molecule has 0 saturated carbocycles. The first-order valence-electron chi connectivity index (χ1n) is 7.48. The molecule has 2 aromatic carbocycles. The summed E-state index contributed by atoms with van der Waals surface area (Å²) in [5.74, 6) is -1.48. The molecule has 0 aliphatic heterocycles. The van der Waals surface area contributed by atoms with Crippen molar-refractivity contribution in [1.82, 2.24) is 5.32 Å². The molecule has 6 heteroatoms. The highest BCUT2D eigenvalue weighted by molar-refractivity contribution is 5.92. The van der Waals surface area contributed by atoms with Crippen LogP contribution in [0.5, 0.6) is 5.75 Å². The number of aromatic hydroxyl groups is 1. The van der Waals surface area contributed by atoms with Gasteiger partial charge in [-0.15, -0.1) is 0 Å². The summed E-state index contributed by atoms with van der Waals surface area (Å²) >= 11 is 0. The minimum atomic E-state index is -0.965. The molecule has 0 aliphatic carbocycles. The van der Waals surface area contributed by atoms with Crippen molar-refractivity contribution in [3.8, 4) is 5.75 Å². The van der Waals surface area contributed by atoms with E-state index in [0.29, 0.717) is 13.0 Å². The van der Waals surface area contributed by atoms with Crippen LogP contribution in [0.2, 0.25) is 0 Å². The number of nitrogens with one attached hydrogen (secondary N) is 1. The Hall–Kier alpha value is -2.89. The molecule has 0 aromatic heterocycles. The van der Waals surface area contributed by atoms with Crippen LogP contribution in [0.25, 0.3) is 0 Å². The van der Waals surface area contributed by atoms with Crippen LogP contribution < -0.4 is 5.32 Å². The zero-order valence-corrected chi connectivity index (χ0v) is 13.2. The molecule has 0 heterocycles. The van der Waals surface area contributed by atoms with Crippen molar-refractivity contribution >= 4 is 11.9 Å². The van der Waals surface area contributed by atoms with E-state index in [1.54, 1.807) is 12.1 Å². The van der Waals surface area contributed by atoms with Crippen molar-refractivity contribution in [2.75, 3.05) is 6.54 Å². The summed E-state index contributed by atoms with van der Waals surface area (Å²) in [7, 11) is 0. The standard InChI is InChI=1S/C18H18FNO4/c1-12(24-18(23)14-3-2-4-16(21)11-14)17(22)20-10-9-13-5-7-15(19)8-6-13/h2-8,11-12,21H,9-10H2,1H3,(H,20,22)/t12-/m0/s1. The number of amides is 1. The first-order chi connectivity index (χ1) is 11.5. The Morgan fingerprint density at radius 2 is 1.92 bits per heavy atom. The van der Waals surface area contributed by atoms with Crippen LogP contribution in [0.3, 0.4) is 0 Å². The summed E-state index contributed by atoms with van der Waals surface area (Å²) in [6.07, 6.45) is -0.424. The fraction of sp³-hybridized carbons (Fsp3) is 0.222. The fourth-order valence-electron chi connectivity index (χ4n) is 2.04. The summed E-state index contributed by atoms with van der Waals surface area (Å²) in [5.41, 5.74) is 1.06. The normalized spacial score (nSPS) is 11.6. The second-order valence-electron chi connectivity index (χ2n) is 5.27. The Morgan fingerprint density at radius 1 is 1.21 bits per heavy atom. The maximum Gasteiger partial charge on any atom is 0.339 e. The highest BCUT2D eigenvalue weighted by atomic mass is 19.1. The number of ether oxygens (including phenoxy) is 1. The number of rotatable bonds is 6. The number of phenolic OH excluding ortho intramolecular Hbond substituents is 1. The number of hydrogen-bond donors (Lipinski definition) is 2. The van der Waals surface area contributed by atoms with Gasteiger partial charge >= 0.3 is 5.97 Å². The molecule has 5 nitrogen and oxygen atoms in total. The number of carbonyl (C=O) groups is 2. The molecule has 24 heavy (non-hydrogen) atoms. The summed E-state index contributed by atoms with van der Waals surface area (Å²) in [4.78, 5) is 23.8. The number of esters is 1. The van der Waals surface area contributed by atoms with Crippen LogP contribution in [0.4, 0.5) is 4.39 Å². The molecular formula is C18H18FNO4. The highest BCUT2D eigenvalue weighted by Gasteiger charge is 2.18. The molecule has 2 aromatic rings. The topological polar surface area (TPSA) is 75.6 Å². The molecule has 126 valence electrons. The maximum absolute atomic E-state index is 12.8. The third kappa shape index (κ3) is 5.08. The summed E-state index contributed by atoms with van der Waals surface area (Å²) < 4.78 is 17.9. The van der Waals surface area contributed by atoms with Crippen molar-refractivity contribution in [3.63, 3.8) is 0 Å². The van der Waals surface area contributed by atoms with E-state index < -0.39 is 18.0 Å². The second kappa shape index (κ2) is 8.10. The molecular weight excluding hydrogens is 313 g/mol. The zero-order valence-electron chi connectivity index (χ0n) is 13.2. The van der Waals surface area contributed by atoms with Gasteiger partial charge in [-0.1, -0.05) is 18.2 Å². The first kappa shape index (κ1) is 17.5. The average molecular weight is 331 g/mol. The van der Waals surface area contributed by atoms with E-state index in [2.05, 4.69) is 5.32 Å². The Kier molecular flexibility index (Phi) is 5.89. The molecule has 1 atom stereocenters. The third-order valence-corrected chi connectivity index (χ3v) is 3.36. The van der Waals surface area contributed by atoms with Crippen molar-refractivity contribution in [1.29, 1.82) is 0 Å². The van der Waals surface area contributed by atoms with Crippen LogP contribution in [0.1, 0.15) is 22.8 Å². The van der Waals surface area contributed by atoms with Crippen molar-refractivity contribution in [2.24, 2.45) is 0 Å². The predicted octanol–water partition coefficient (Wildman–Crippen LogP) is 2.44. The van der Waals surface area contributed by atoms with E-state index in [1.807, 2.05) is 0 Å². The van der Waals surface area contributed by atoms with Gasteiger partial charge < -0.3 is 15.2 Å². The SMILES string of the molecule is C[C@H](OC(=O)c1cccc(O)c1)C(=O)NCCc1ccc(F)cc1. The van der Waals surface area contributed by atoms with Crippen LogP contribution in [-0.2, 0) is 16.0 Å². The smallest absolute Gasteiger partial charge is 0.339 e. The molecule has 0 spiro atoms. The maximum atomic E-state index is 12.8. The lowest BCUT2D eigenvalue weighted by Crippen LogP contribution is -2.36. The number of phenols is 1. The van der Waals surface area contributed by atoms with E-state index >= 15 is 0 Å². The second-order valence-corrected chi connectivity index (χ2v) is 5.27. The quantitative estimate of drug-likeness (QED) is 0.797. The van der Waals surface area contributed by atoms with E-state index in [-0.39, 0.29) is 17.1 Å². The van der Waals surface area contributed by atoms with Gasteiger partial charge in [0.05, 0.1) is 5.56 Å². The number of carbonyl (C=O) groups excluding carboxylic acids is 2. The number of benzene rings is 2. The molecule has 0 fully saturated rings. The highest BCUT2D eigenvalue weighted by Crippen LogP contribution is 2.12. The lowest BCUT2D eigenvalue weighted by Gasteiger charge is -2.13. The lowest BCUT2D eigenvalue weighted by atomic mass is 10.1. The number of halogens is 1. The minimum Gasteiger partial charge on any atom is -0.508 e. The van der Waals surface area contributed by atoms with E-state index in [4.69, 9.17) is 4.74 Å². The molecule has 0 bridgehead atoms. The van der Waals surface area contributed by atoms with E-state index in [9.17, 15) is 19.1 Å². The molecule has 1 amide bonds. The molecule has 2 rings (SSSR count). The Balaban J connectivity index is 1.79. The van der Waals surface area contributed by atoms with E-state index in [1.165, 1.54) is 43.3 Å². The molecule has 0 saturated heterocycles. The van der Waals surface area contributed by atoms with Crippen molar-refractivity contribution < 1.29 is 23.8 Å². The average Bonchev–Trinajstić information content (AvgIpc) is 2.56. The third-order valence-electron chi connectivity index (χ3n) is 3.36. The van der Waals surface area contributed by atoms with E-state index in [0.717, 1.165) is 5.56 Å². The summed E-state index contributed by atoms with van der Waals surface area (Å²) in [5, 5.41) is 12.0. The Morgan fingerprint density at radius 3 is 2.58 bits per heavy atom. The van der Waals surface area contributed by atoms with Crippen molar-refractivity contribution in [2.45, 2.75) is 19.4 Å².